The second-order valence-corrected chi connectivity index (χ2v) is 9.55. The molecule has 1 rings (SSSR count). The minimum atomic E-state index is -0.943. The Labute approximate surface area is 211 Å². The van der Waals surface area contributed by atoms with Crippen molar-refractivity contribution in [2.45, 2.75) is 78.0 Å². The maximum Gasteiger partial charge on any atom is 0.408 e. The third kappa shape index (κ3) is 12.4. The molecule has 1 aliphatic heterocycles. The molecular formula is C22H46IN5O4. The third-order valence-electron chi connectivity index (χ3n) is 5.30. The van der Waals surface area contributed by atoms with Gasteiger partial charge >= 0.3 is 6.09 Å². The van der Waals surface area contributed by atoms with E-state index in [2.05, 4.69) is 25.8 Å². The summed E-state index contributed by atoms with van der Waals surface area (Å²) in [6.45, 7) is 18.5. The molecule has 0 bridgehead atoms. The van der Waals surface area contributed by atoms with Gasteiger partial charge in [-0.05, 0) is 47.5 Å². The lowest BCUT2D eigenvalue weighted by molar-refractivity contribution is -0.0180. The van der Waals surface area contributed by atoms with Gasteiger partial charge in [0.25, 0.3) is 0 Å². The number of β-amino-alcohol motifs (C(OH)–C–C–N with tert-alkyl or cyclic N) is 1. The van der Waals surface area contributed by atoms with Crippen LogP contribution in [0.25, 0.3) is 0 Å². The number of ether oxygens (including phenoxy) is 2. The fourth-order valence-corrected chi connectivity index (χ4v) is 3.38. The number of carbonyl (C=O) groups is 1. The number of nitrogens with one attached hydrogen (secondary N) is 3. The van der Waals surface area contributed by atoms with Crippen molar-refractivity contribution in [1.29, 1.82) is 0 Å². The summed E-state index contributed by atoms with van der Waals surface area (Å²) in [4.78, 5) is 19.2. The Morgan fingerprint density at radius 2 is 1.69 bits per heavy atom. The average Bonchev–Trinajstić information content (AvgIpc) is 2.68. The molecule has 0 aromatic rings. The maximum atomic E-state index is 12.4. The quantitative estimate of drug-likeness (QED) is 0.181. The topological polar surface area (TPSA) is 107 Å². The van der Waals surface area contributed by atoms with Crippen LogP contribution in [-0.4, -0.2) is 91.3 Å². The van der Waals surface area contributed by atoms with Gasteiger partial charge in [-0.3, -0.25) is 9.89 Å². The van der Waals surface area contributed by atoms with Gasteiger partial charge in [0.2, 0.25) is 0 Å². The van der Waals surface area contributed by atoms with Crippen molar-refractivity contribution < 1.29 is 19.4 Å². The van der Waals surface area contributed by atoms with E-state index in [0.717, 1.165) is 25.9 Å². The second kappa shape index (κ2) is 14.4. The Morgan fingerprint density at radius 1 is 1.09 bits per heavy atom. The van der Waals surface area contributed by atoms with Gasteiger partial charge in [0.05, 0.1) is 30.9 Å². The molecule has 190 valence electrons. The molecule has 1 amide bonds. The van der Waals surface area contributed by atoms with Crippen LogP contribution in [0, 0.1) is 0 Å². The highest BCUT2D eigenvalue weighted by Crippen LogP contribution is 2.16. The fraction of sp³-hybridized carbons (Fsp3) is 0.909. The molecule has 32 heavy (non-hydrogen) atoms. The van der Waals surface area contributed by atoms with Crippen LogP contribution < -0.4 is 16.0 Å². The van der Waals surface area contributed by atoms with Gasteiger partial charge in [-0.1, -0.05) is 13.8 Å². The first-order valence-electron chi connectivity index (χ1n) is 11.5. The highest BCUT2D eigenvalue weighted by molar-refractivity contribution is 14.0. The van der Waals surface area contributed by atoms with E-state index in [0.29, 0.717) is 38.8 Å². The lowest BCUT2D eigenvalue weighted by Gasteiger charge is -2.35. The van der Waals surface area contributed by atoms with Crippen molar-refractivity contribution in [3.8, 4) is 0 Å². The third-order valence-corrected chi connectivity index (χ3v) is 5.30. The number of hydrogen-bond donors (Lipinski definition) is 4. The van der Waals surface area contributed by atoms with Crippen molar-refractivity contribution in [2.75, 3.05) is 52.5 Å². The number of alkyl carbamates (subject to hydrolysis) is 1. The number of guanidine groups is 1. The Hall–Kier alpha value is -0.850. The van der Waals surface area contributed by atoms with Gasteiger partial charge in [-0.2, -0.15) is 0 Å². The van der Waals surface area contributed by atoms with Crippen molar-refractivity contribution in [1.82, 2.24) is 20.9 Å². The molecule has 1 atom stereocenters. The summed E-state index contributed by atoms with van der Waals surface area (Å²) < 4.78 is 10.8. The van der Waals surface area contributed by atoms with Crippen molar-refractivity contribution >= 4 is 36.0 Å². The highest BCUT2D eigenvalue weighted by Gasteiger charge is 2.31. The molecule has 10 heteroatoms. The second-order valence-electron chi connectivity index (χ2n) is 9.55. The van der Waals surface area contributed by atoms with Gasteiger partial charge in [0.1, 0.15) is 5.60 Å². The normalized spacial score (nSPS) is 17.7. The van der Waals surface area contributed by atoms with E-state index >= 15 is 0 Å². The number of carbonyl (C=O) groups excluding carboxylic acids is 1. The molecule has 1 aliphatic rings. The zero-order valence-electron chi connectivity index (χ0n) is 21.0. The predicted molar refractivity (Wildman–Crippen MR) is 140 cm³/mol. The van der Waals surface area contributed by atoms with Crippen molar-refractivity contribution in [2.24, 2.45) is 4.99 Å². The van der Waals surface area contributed by atoms with E-state index in [4.69, 9.17) is 9.47 Å². The summed E-state index contributed by atoms with van der Waals surface area (Å²) in [5, 5.41) is 20.4. The smallest absolute Gasteiger partial charge is 0.408 e. The molecular weight excluding hydrogens is 525 g/mol. The molecule has 1 saturated heterocycles. The Bertz CT molecular complexity index is 571. The molecule has 1 unspecified atom stereocenters. The van der Waals surface area contributed by atoms with Crippen molar-refractivity contribution in [3.05, 3.63) is 0 Å². The zero-order valence-corrected chi connectivity index (χ0v) is 23.4. The minimum absolute atomic E-state index is 0. The van der Waals surface area contributed by atoms with Gasteiger partial charge in [-0.25, -0.2) is 4.79 Å². The SMILES string of the molecule is CCNC(=NCC(C)(O)CN1CCOCC1)NCC(CC)(CC)NC(=O)OC(C)(C)C.I. The number of amides is 1. The first-order chi connectivity index (χ1) is 14.4. The average molecular weight is 572 g/mol. The lowest BCUT2D eigenvalue weighted by Crippen LogP contribution is -2.57. The van der Waals surface area contributed by atoms with Crippen LogP contribution >= 0.6 is 24.0 Å². The number of nitrogens with zero attached hydrogens (tertiary/aromatic N) is 2. The maximum absolute atomic E-state index is 12.4. The monoisotopic (exact) mass is 571 g/mol. The van der Waals surface area contributed by atoms with Gasteiger partial charge in [-0.15, -0.1) is 24.0 Å². The van der Waals surface area contributed by atoms with Crippen molar-refractivity contribution in [3.63, 3.8) is 0 Å². The molecule has 0 aliphatic carbocycles. The van der Waals surface area contributed by atoms with Crippen LogP contribution in [0.1, 0.15) is 61.3 Å². The number of hydrogen-bond acceptors (Lipinski definition) is 6. The highest BCUT2D eigenvalue weighted by atomic mass is 127. The Balaban J connectivity index is 0.00000961. The number of morpholine rings is 1. The molecule has 9 nitrogen and oxygen atoms in total. The largest absolute Gasteiger partial charge is 0.444 e. The van der Waals surface area contributed by atoms with Crippen LogP contribution in [0.2, 0.25) is 0 Å². The molecule has 0 aromatic carbocycles. The van der Waals surface area contributed by atoms with E-state index in [9.17, 15) is 9.90 Å². The predicted octanol–water partition coefficient (Wildman–Crippen LogP) is 2.33. The zero-order chi connectivity index (χ0) is 23.5. The summed E-state index contributed by atoms with van der Waals surface area (Å²) in [6.07, 6.45) is 1.06. The Kier molecular flexibility index (Phi) is 14.0. The molecule has 0 radical (unpaired) electrons. The standard InChI is InChI=1S/C22H45N5O4.HI/c1-8-22(9-2,26-19(28)31-20(4,5)6)16-25-18(23-10-3)24-15-21(7,29)17-27-11-13-30-14-12-27;/h29H,8-17H2,1-7H3,(H,26,28)(H2,23,24,25);1H. The molecule has 1 heterocycles. The summed E-state index contributed by atoms with van der Waals surface area (Å²) in [7, 11) is 0. The molecule has 1 fully saturated rings. The van der Waals surface area contributed by atoms with E-state index in [-0.39, 0.29) is 30.5 Å². The first kappa shape index (κ1) is 31.1. The molecule has 4 N–H and O–H groups in total. The van der Waals surface area contributed by atoms with Gasteiger partial charge in [0, 0.05) is 32.7 Å². The number of halogens is 1. The van der Waals surface area contributed by atoms with E-state index in [1.165, 1.54) is 0 Å². The van der Waals surface area contributed by atoms with Crippen LogP contribution in [-0.2, 0) is 9.47 Å². The molecule has 0 saturated carbocycles. The van der Waals surface area contributed by atoms with Crippen LogP contribution in [0.15, 0.2) is 4.99 Å². The lowest BCUT2D eigenvalue weighted by atomic mass is 9.93. The molecule has 0 spiro atoms. The first-order valence-corrected chi connectivity index (χ1v) is 11.5. The fourth-order valence-electron chi connectivity index (χ4n) is 3.38. The molecule has 0 aromatic heterocycles. The van der Waals surface area contributed by atoms with Crippen LogP contribution in [0.5, 0.6) is 0 Å². The van der Waals surface area contributed by atoms with E-state index in [1.54, 1.807) is 0 Å². The van der Waals surface area contributed by atoms with Crippen LogP contribution in [0.3, 0.4) is 0 Å². The van der Waals surface area contributed by atoms with E-state index in [1.807, 2.05) is 48.5 Å². The van der Waals surface area contributed by atoms with E-state index < -0.39 is 22.8 Å². The van der Waals surface area contributed by atoms with Crippen LogP contribution in [0.4, 0.5) is 4.79 Å². The number of aliphatic hydroxyl groups is 1. The Morgan fingerprint density at radius 3 is 2.19 bits per heavy atom. The summed E-state index contributed by atoms with van der Waals surface area (Å²) in [6, 6.07) is 0. The minimum Gasteiger partial charge on any atom is -0.444 e. The number of aliphatic imine (C=N–C) groups is 1. The van der Waals surface area contributed by atoms with Gasteiger partial charge < -0.3 is 30.5 Å². The summed E-state index contributed by atoms with van der Waals surface area (Å²) in [5.74, 6) is 0.613. The number of rotatable bonds is 10. The van der Waals surface area contributed by atoms with Gasteiger partial charge in [0.15, 0.2) is 5.96 Å². The summed E-state index contributed by atoms with van der Waals surface area (Å²) >= 11 is 0. The summed E-state index contributed by atoms with van der Waals surface area (Å²) in [5.41, 5.74) is -1.96.